The second-order valence-electron chi connectivity index (χ2n) is 4.98. The minimum Gasteiger partial charge on any atom is -0.382 e. The summed E-state index contributed by atoms with van der Waals surface area (Å²) < 4.78 is 28.9. The molecular weight excluding hydrogens is 382 g/mol. The largest absolute Gasteiger partial charge is 0.382 e. The predicted octanol–water partition coefficient (Wildman–Crippen LogP) is 3.63. The summed E-state index contributed by atoms with van der Waals surface area (Å²) in [6.45, 7) is 0. The lowest BCUT2D eigenvalue weighted by atomic mass is 10.2. The summed E-state index contributed by atoms with van der Waals surface area (Å²) in [5.41, 5.74) is 0.851. The Morgan fingerprint density at radius 1 is 1.08 bits per heavy atom. The molecule has 0 saturated carbocycles. The molecule has 6 nitrogen and oxygen atoms in total. The van der Waals surface area contributed by atoms with E-state index in [0.717, 1.165) is 5.56 Å². The van der Waals surface area contributed by atoms with Gasteiger partial charge in [0.25, 0.3) is 0 Å². The lowest BCUT2D eigenvalue weighted by Crippen LogP contribution is -2.15. The van der Waals surface area contributed by atoms with Crippen LogP contribution in [0.3, 0.4) is 0 Å². The molecule has 0 unspecified atom stereocenters. The number of nitrogens with zero attached hydrogens (tertiary/aromatic N) is 2. The second kappa shape index (κ2) is 7.90. The van der Waals surface area contributed by atoms with Crippen molar-refractivity contribution in [2.24, 2.45) is 0 Å². The number of H-pyrrole nitrogens is 1. The highest BCUT2D eigenvalue weighted by Gasteiger charge is 2.14. The summed E-state index contributed by atoms with van der Waals surface area (Å²) in [4.78, 5) is 4.33. The molecule has 3 rings (SSSR count). The molecule has 0 aliphatic heterocycles. The van der Waals surface area contributed by atoms with Gasteiger partial charge in [0.15, 0.2) is 5.82 Å². The molecule has 0 spiro atoms. The van der Waals surface area contributed by atoms with Crippen LogP contribution in [0, 0.1) is 0 Å². The van der Waals surface area contributed by atoms with E-state index in [1.54, 1.807) is 42.5 Å². The first-order valence-corrected chi connectivity index (χ1v) is 10.2. The van der Waals surface area contributed by atoms with Gasteiger partial charge in [-0.15, -0.1) is 5.10 Å². The van der Waals surface area contributed by atoms with E-state index in [-0.39, 0.29) is 11.5 Å². The number of nitrogens with one attached hydrogen (secondary N) is 1. The van der Waals surface area contributed by atoms with E-state index in [9.17, 15) is 8.42 Å². The minimum atomic E-state index is -3.66. The number of aromatic nitrogens is 3. The van der Waals surface area contributed by atoms with Crippen LogP contribution in [-0.4, -0.2) is 35.1 Å². The maximum Gasteiger partial charge on any atom is 0.310 e. The summed E-state index contributed by atoms with van der Waals surface area (Å²) in [5.74, 6) is 1.04. The molecule has 25 heavy (non-hydrogen) atoms. The molecule has 0 atom stereocenters. The Morgan fingerprint density at radius 3 is 2.52 bits per heavy atom. The van der Waals surface area contributed by atoms with Crippen LogP contribution in [0.2, 0.25) is 5.02 Å². The van der Waals surface area contributed by atoms with Crippen LogP contribution >= 0.6 is 23.4 Å². The Balaban J connectivity index is 1.55. The van der Waals surface area contributed by atoms with Crippen molar-refractivity contribution in [3.63, 3.8) is 0 Å². The van der Waals surface area contributed by atoms with E-state index in [4.69, 9.17) is 15.8 Å². The summed E-state index contributed by atoms with van der Waals surface area (Å²) in [7, 11) is -3.66. The van der Waals surface area contributed by atoms with Crippen LogP contribution in [0.25, 0.3) is 11.4 Å². The lowest BCUT2D eigenvalue weighted by Gasteiger charge is -2.05. The van der Waals surface area contributed by atoms with Crippen molar-refractivity contribution in [1.82, 2.24) is 15.2 Å². The van der Waals surface area contributed by atoms with Gasteiger partial charge in [-0.1, -0.05) is 41.6 Å². The molecule has 1 N–H and O–H groups in total. The van der Waals surface area contributed by atoms with Crippen molar-refractivity contribution >= 4 is 33.5 Å². The molecule has 0 fully saturated rings. The fourth-order valence-electron chi connectivity index (χ4n) is 1.95. The molecule has 0 bridgehead atoms. The average Bonchev–Trinajstić information content (AvgIpc) is 3.04. The fraction of sp³-hybridized carbons (Fsp3) is 0.125. The summed E-state index contributed by atoms with van der Waals surface area (Å²) >= 11 is 7.09. The number of benzene rings is 2. The number of hydrogen-bond acceptors (Lipinski definition) is 6. The maximum atomic E-state index is 12.0. The zero-order chi connectivity index (χ0) is 17.7. The van der Waals surface area contributed by atoms with E-state index >= 15 is 0 Å². The van der Waals surface area contributed by atoms with E-state index in [2.05, 4.69) is 15.2 Å². The molecule has 0 aliphatic carbocycles. The van der Waals surface area contributed by atoms with Gasteiger partial charge in [-0.05, 0) is 36.4 Å². The normalized spacial score (nSPS) is 11.4. The first-order valence-electron chi connectivity index (χ1n) is 7.30. The summed E-state index contributed by atoms with van der Waals surface area (Å²) in [6, 6.07) is 15.6. The highest BCUT2D eigenvalue weighted by Crippen LogP contribution is 2.21. The Kier molecular flexibility index (Phi) is 5.62. The third-order valence-corrected chi connectivity index (χ3v) is 5.62. The highest BCUT2D eigenvalue weighted by molar-refractivity contribution is 8.00. The van der Waals surface area contributed by atoms with Crippen LogP contribution in [0.5, 0.6) is 5.75 Å². The minimum absolute atomic E-state index is 0.141. The van der Waals surface area contributed by atoms with Crippen molar-refractivity contribution < 1.29 is 12.6 Å². The molecular formula is C16H14ClN3O3S2. The first-order chi connectivity index (χ1) is 12.0. The zero-order valence-electron chi connectivity index (χ0n) is 12.9. The van der Waals surface area contributed by atoms with Crippen LogP contribution in [0.15, 0.2) is 59.8 Å². The lowest BCUT2D eigenvalue weighted by molar-refractivity contribution is 0.488. The first kappa shape index (κ1) is 17.8. The third kappa shape index (κ3) is 5.22. The molecule has 3 aromatic rings. The topological polar surface area (TPSA) is 84.9 Å². The van der Waals surface area contributed by atoms with Crippen molar-refractivity contribution in [1.29, 1.82) is 0 Å². The van der Waals surface area contributed by atoms with Gasteiger partial charge < -0.3 is 4.18 Å². The zero-order valence-corrected chi connectivity index (χ0v) is 15.3. The molecule has 0 saturated heterocycles. The maximum absolute atomic E-state index is 12.0. The average molecular weight is 396 g/mol. The van der Waals surface area contributed by atoms with E-state index in [1.165, 1.54) is 11.8 Å². The van der Waals surface area contributed by atoms with Gasteiger partial charge in [0.2, 0.25) is 5.16 Å². The van der Waals surface area contributed by atoms with Gasteiger partial charge >= 0.3 is 10.1 Å². The Bertz CT molecular complexity index is 929. The van der Waals surface area contributed by atoms with E-state index < -0.39 is 10.1 Å². The van der Waals surface area contributed by atoms with Crippen molar-refractivity contribution in [3.05, 3.63) is 59.6 Å². The Morgan fingerprint density at radius 2 is 1.80 bits per heavy atom. The number of halogens is 1. The number of para-hydroxylation sites is 1. The number of hydrogen-bond donors (Lipinski definition) is 1. The molecule has 1 heterocycles. The van der Waals surface area contributed by atoms with Gasteiger partial charge in [0.05, 0.1) is 5.75 Å². The smallest absolute Gasteiger partial charge is 0.310 e. The van der Waals surface area contributed by atoms with E-state index in [1.807, 2.05) is 12.1 Å². The van der Waals surface area contributed by atoms with Crippen molar-refractivity contribution in [2.45, 2.75) is 5.16 Å². The fourth-order valence-corrected chi connectivity index (χ4v) is 4.16. The van der Waals surface area contributed by atoms with Gasteiger partial charge in [-0.25, -0.2) is 4.98 Å². The van der Waals surface area contributed by atoms with Crippen molar-refractivity contribution in [3.8, 4) is 17.1 Å². The molecule has 130 valence electrons. The van der Waals surface area contributed by atoms with Gasteiger partial charge in [-0.3, -0.25) is 5.10 Å². The predicted molar refractivity (Wildman–Crippen MR) is 98.4 cm³/mol. The van der Waals surface area contributed by atoms with Crippen molar-refractivity contribution in [2.75, 3.05) is 11.5 Å². The van der Waals surface area contributed by atoms with Crippen LogP contribution < -0.4 is 4.18 Å². The molecule has 0 radical (unpaired) electrons. The second-order valence-corrected chi connectivity index (χ2v) is 8.17. The quantitative estimate of drug-likeness (QED) is 0.485. The van der Waals surface area contributed by atoms with Gasteiger partial charge in [-0.2, -0.15) is 8.42 Å². The SMILES string of the molecule is O=S(=O)(CCSc1n[nH]c(-c2ccc(Cl)cc2)n1)Oc1ccccc1. The number of thioether (sulfide) groups is 1. The number of aromatic amines is 1. The summed E-state index contributed by atoms with van der Waals surface area (Å²) in [5, 5.41) is 8.01. The summed E-state index contributed by atoms with van der Waals surface area (Å²) in [6.07, 6.45) is 0. The Hall–Kier alpha value is -2.03. The molecule has 2 aromatic carbocycles. The molecule has 0 amide bonds. The molecule has 9 heteroatoms. The van der Waals surface area contributed by atoms with Crippen LogP contribution in [0.1, 0.15) is 0 Å². The monoisotopic (exact) mass is 395 g/mol. The van der Waals surface area contributed by atoms with Gasteiger partial charge in [0.1, 0.15) is 5.75 Å². The van der Waals surface area contributed by atoms with E-state index in [0.29, 0.717) is 21.8 Å². The van der Waals surface area contributed by atoms with Crippen LogP contribution in [-0.2, 0) is 10.1 Å². The molecule has 0 aliphatic rings. The molecule has 1 aromatic heterocycles. The highest BCUT2D eigenvalue weighted by atomic mass is 35.5. The standard InChI is InChI=1S/C16H14ClN3O3S2/c17-13-8-6-12(7-9-13)15-18-16(20-19-15)24-10-11-25(21,22)23-14-4-2-1-3-5-14/h1-9H,10-11H2,(H,18,19,20). The Labute approximate surface area is 154 Å². The van der Waals surface area contributed by atoms with Crippen LogP contribution in [0.4, 0.5) is 0 Å². The third-order valence-electron chi connectivity index (χ3n) is 3.11. The number of rotatable bonds is 7. The van der Waals surface area contributed by atoms with Gasteiger partial charge in [0, 0.05) is 16.3 Å².